The molecule has 182 valence electrons. The van der Waals surface area contributed by atoms with Crippen LogP contribution < -0.4 is 4.74 Å². The molecule has 1 saturated heterocycles. The third-order valence-electron chi connectivity index (χ3n) is 5.91. The maximum atomic E-state index is 12.6. The zero-order chi connectivity index (χ0) is 24.4. The number of methoxy groups -OCH3 is 1. The maximum Gasteiger partial charge on any atom is 0.351 e. The van der Waals surface area contributed by atoms with Crippen molar-refractivity contribution in [2.75, 3.05) is 20.3 Å². The number of carbonyl (C=O) groups excluding carboxylic acids is 1. The van der Waals surface area contributed by atoms with Crippen molar-refractivity contribution in [3.05, 3.63) is 75.9 Å². The molecule has 2 aromatic carbocycles. The molecule has 1 aliphatic heterocycles. The molecule has 0 spiro atoms. The highest BCUT2D eigenvalue weighted by Crippen LogP contribution is 2.37. The Hall–Kier alpha value is -2.91. The zero-order valence-corrected chi connectivity index (χ0v) is 21.0. The molecule has 4 aromatic rings. The van der Waals surface area contributed by atoms with Gasteiger partial charge in [-0.2, -0.15) is 0 Å². The highest BCUT2D eigenvalue weighted by Gasteiger charge is 2.23. The Kier molecular flexibility index (Phi) is 7.06. The molecule has 0 unspecified atom stereocenters. The lowest BCUT2D eigenvalue weighted by molar-refractivity contribution is -0.0461. The van der Waals surface area contributed by atoms with E-state index in [4.69, 9.17) is 30.5 Å². The monoisotopic (exact) mass is 512 g/mol. The van der Waals surface area contributed by atoms with E-state index in [1.165, 1.54) is 18.4 Å². The van der Waals surface area contributed by atoms with Crippen molar-refractivity contribution < 1.29 is 23.7 Å². The predicted molar refractivity (Wildman–Crippen MR) is 135 cm³/mol. The zero-order valence-electron chi connectivity index (χ0n) is 19.4. The smallest absolute Gasteiger partial charge is 0.351 e. The van der Waals surface area contributed by atoms with E-state index in [1.807, 2.05) is 47.9 Å². The van der Waals surface area contributed by atoms with Gasteiger partial charge in [-0.15, -0.1) is 11.3 Å². The molecule has 35 heavy (non-hydrogen) atoms. The first-order valence-corrected chi connectivity index (χ1v) is 12.6. The predicted octanol–water partition coefficient (Wildman–Crippen LogP) is 5.97. The Morgan fingerprint density at radius 2 is 2.03 bits per heavy atom. The molecule has 5 rings (SSSR count). The molecule has 1 aliphatic rings. The summed E-state index contributed by atoms with van der Waals surface area (Å²) in [4.78, 5) is 17.5. The van der Waals surface area contributed by atoms with Gasteiger partial charge in [0.15, 0.2) is 11.2 Å². The number of aromatic nitrogens is 2. The van der Waals surface area contributed by atoms with E-state index in [9.17, 15) is 4.79 Å². The molecule has 3 heterocycles. The molecule has 2 aromatic heterocycles. The Morgan fingerprint density at radius 3 is 2.80 bits per heavy atom. The van der Waals surface area contributed by atoms with Crippen LogP contribution in [-0.2, 0) is 20.6 Å². The van der Waals surface area contributed by atoms with Crippen LogP contribution >= 0.6 is 22.9 Å². The number of ether oxygens (including phenoxy) is 4. The van der Waals surface area contributed by atoms with Crippen molar-refractivity contribution in [2.45, 2.75) is 32.2 Å². The van der Waals surface area contributed by atoms with Gasteiger partial charge in [0.2, 0.25) is 0 Å². The van der Waals surface area contributed by atoms with Gasteiger partial charge in [-0.25, -0.2) is 9.78 Å². The van der Waals surface area contributed by atoms with Gasteiger partial charge in [-0.1, -0.05) is 35.9 Å². The number of esters is 1. The van der Waals surface area contributed by atoms with Gasteiger partial charge in [0.1, 0.15) is 23.2 Å². The fourth-order valence-corrected chi connectivity index (χ4v) is 5.39. The number of halogens is 1. The van der Waals surface area contributed by atoms with E-state index >= 15 is 0 Å². The number of rotatable bonds is 8. The minimum Gasteiger partial charge on any atom is -0.484 e. The van der Waals surface area contributed by atoms with Gasteiger partial charge in [0.05, 0.1) is 31.4 Å². The summed E-state index contributed by atoms with van der Waals surface area (Å²) in [7, 11) is 1.36. The molecular weight excluding hydrogens is 488 g/mol. The number of nitrogens with zero attached hydrogens (tertiary/aromatic N) is 2. The first-order valence-electron chi connectivity index (χ1n) is 11.4. The molecule has 0 amide bonds. The SMILES string of the molecule is COC(=O)c1sc(-n2cnc3ccc(CCC4OCCO4)cc32)cc1O[C@H](C)c1ccccc1Cl. The fourth-order valence-electron chi connectivity index (χ4n) is 4.10. The van der Waals surface area contributed by atoms with Crippen molar-refractivity contribution in [1.82, 2.24) is 9.55 Å². The van der Waals surface area contributed by atoms with E-state index in [1.54, 1.807) is 6.33 Å². The largest absolute Gasteiger partial charge is 0.484 e. The lowest BCUT2D eigenvalue weighted by atomic mass is 10.1. The van der Waals surface area contributed by atoms with E-state index in [2.05, 4.69) is 17.1 Å². The van der Waals surface area contributed by atoms with Crippen LogP contribution in [0.4, 0.5) is 0 Å². The fraction of sp³-hybridized carbons (Fsp3) is 0.308. The second-order valence-corrected chi connectivity index (χ2v) is 9.64. The molecule has 1 fully saturated rings. The Morgan fingerprint density at radius 1 is 1.23 bits per heavy atom. The molecule has 0 radical (unpaired) electrons. The lowest BCUT2D eigenvalue weighted by Crippen LogP contribution is -2.08. The summed E-state index contributed by atoms with van der Waals surface area (Å²) in [5.41, 5.74) is 3.80. The second-order valence-electron chi connectivity index (χ2n) is 8.20. The van der Waals surface area contributed by atoms with Gasteiger partial charge >= 0.3 is 5.97 Å². The van der Waals surface area contributed by atoms with Gasteiger partial charge in [-0.05, 0) is 37.1 Å². The first kappa shape index (κ1) is 23.8. The van der Waals surface area contributed by atoms with Gasteiger partial charge in [0, 0.05) is 23.1 Å². The number of aryl methyl sites for hydroxylation is 1. The maximum absolute atomic E-state index is 12.6. The van der Waals surface area contributed by atoms with Gasteiger partial charge in [-0.3, -0.25) is 4.57 Å². The third-order valence-corrected chi connectivity index (χ3v) is 7.35. The minimum atomic E-state index is -0.454. The van der Waals surface area contributed by atoms with Crippen LogP contribution in [0.2, 0.25) is 5.02 Å². The van der Waals surface area contributed by atoms with Crippen LogP contribution in [0.25, 0.3) is 16.0 Å². The molecule has 7 nitrogen and oxygen atoms in total. The Bertz CT molecular complexity index is 1340. The topological polar surface area (TPSA) is 71.8 Å². The molecule has 1 atom stereocenters. The van der Waals surface area contributed by atoms with E-state index in [0.29, 0.717) is 28.9 Å². The van der Waals surface area contributed by atoms with Crippen LogP contribution in [0.5, 0.6) is 5.75 Å². The van der Waals surface area contributed by atoms with Crippen molar-refractivity contribution in [2.24, 2.45) is 0 Å². The molecule has 0 N–H and O–H groups in total. The average Bonchev–Trinajstić information content (AvgIpc) is 3.62. The first-order chi connectivity index (χ1) is 17.0. The summed E-state index contributed by atoms with van der Waals surface area (Å²) in [6.45, 7) is 3.20. The number of imidazole rings is 1. The number of fused-ring (bicyclic) bond motifs is 1. The van der Waals surface area contributed by atoms with Crippen molar-refractivity contribution >= 4 is 39.9 Å². The van der Waals surface area contributed by atoms with Crippen LogP contribution in [0, 0.1) is 0 Å². The Labute approximate surface area is 212 Å². The summed E-state index contributed by atoms with van der Waals surface area (Å²) in [6, 6.07) is 15.5. The summed E-state index contributed by atoms with van der Waals surface area (Å²) >= 11 is 7.65. The molecule has 0 aliphatic carbocycles. The number of hydrogen-bond donors (Lipinski definition) is 0. The minimum absolute atomic E-state index is 0.143. The van der Waals surface area contributed by atoms with Crippen LogP contribution in [-0.4, -0.2) is 42.1 Å². The van der Waals surface area contributed by atoms with E-state index < -0.39 is 5.97 Å². The van der Waals surface area contributed by atoms with Crippen LogP contribution in [0.15, 0.2) is 54.9 Å². The van der Waals surface area contributed by atoms with Gasteiger partial charge < -0.3 is 18.9 Å². The lowest BCUT2D eigenvalue weighted by Gasteiger charge is -2.16. The molecule has 0 bridgehead atoms. The van der Waals surface area contributed by atoms with Crippen molar-refractivity contribution in [1.29, 1.82) is 0 Å². The number of benzene rings is 2. The van der Waals surface area contributed by atoms with Gasteiger partial charge in [0.25, 0.3) is 0 Å². The quantitative estimate of drug-likeness (QED) is 0.271. The van der Waals surface area contributed by atoms with Crippen LogP contribution in [0.1, 0.15) is 40.2 Å². The number of carbonyl (C=O) groups is 1. The summed E-state index contributed by atoms with van der Waals surface area (Å²) in [5, 5.41) is 1.41. The number of hydrogen-bond acceptors (Lipinski definition) is 7. The average molecular weight is 513 g/mol. The molecular formula is C26H25ClN2O5S. The second kappa shape index (κ2) is 10.4. The standard InChI is InChI=1S/C26H25ClN2O5S/c1-16(18-5-3-4-6-19(18)27)34-22-14-23(35-25(22)26(30)31-2)29-15-28-20-9-7-17(13-21(20)29)8-10-24-32-11-12-33-24/h3-7,9,13-16,24H,8,10-12H2,1-2H3/t16-/m1/s1. The summed E-state index contributed by atoms with van der Waals surface area (Å²) in [6.07, 6.45) is 2.87. The number of thiophene rings is 1. The summed E-state index contributed by atoms with van der Waals surface area (Å²) in [5.74, 6) is -0.0120. The van der Waals surface area contributed by atoms with Crippen LogP contribution in [0.3, 0.4) is 0 Å². The highest BCUT2D eigenvalue weighted by atomic mass is 35.5. The van der Waals surface area contributed by atoms with E-state index in [-0.39, 0.29) is 12.4 Å². The molecule has 0 saturated carbocycles. The summed E-state index contributed by atoms with van der Waals surface area (Å²) < 4.78 is 24.3. The third kappa shape index (κ3) is 5.06. The van der Waals surface area contributed by atoms with Crippen molar-refractivity contribution in [3.8, 4) is 10.8 Å². The Balaban J connectivity index is 1.45. The normalized spacial score (nSPS) is 14.9. The molecule has 9 heteroatoms. The van der Waals surface area contributed by atoms with E-state index in [0.717, 1.165) is 40.0 Å². The highest BCUT2D eigenvalue weighted by molar-refractivity contribution is 7.16. The van der Waals surface area contributed by atoms with Crippen molar-refractivity contribution in [3.63, 3.8) is 0 Å².